The van der Waals surface area contributed by atoms with Crippen molar-refractivity contribution in [3.63, 3.8) is 0 Å². The van der Waals surface area contributed by atoms with E-state index in [-0.39, 0.29) is 0 Å². The Hall–Kier alpha value is -0.900. The van der Waals surface area contributed by atoms with Crippen LogP contribution in [0.3, 0.4) is 0 Å². The maximum atomic E-state index is 6.56. The molecule has 4 heteroatoms. The summed E-state index contributed by atoms with van der Waals surface area (Å²) >= 11 is 0. The Labute approximate surface area is 41.9 Å². The van der Waals surface area contributed by atoms with E-state index in [0.717, 1.165) is 6.21 Å². The monoisotopic (exact) mass is 100 g/mol. The second-order valence-electron chi connectivity index (χ2n) is 0.898. The summed E-state index contributed by atoms with van der Waals surface area (Å²) in [5.41, 5.74) is 2.21. The maximum Gasteiger partial charge on any atom is 0.152 e. The van der Waals surface area contributed by atoms with Gasteiger partial charge in [-0.2, -0.15) is 0 Å². The van der Waals surface area contributed by atoms with Crippen LogP contribution in [-0.4, -0.2) is 19.1 Å². The molecule has 0 heterocycles. The first-order valence-corrected chi connectivity index (χ1v) is 1.79. The van der Waals surface area contributed by atoms with Crippen LogP contribution in [0.4, 0.5) is 0 Å². The fraction of sp³-hybridized carbons (Fsp3) is 0.333. The second kappa shape index (κ2) is 3.30. The van der Waals surface area contributed by atoms with Gasteiger partial charge in [0.1, 0.15) is 0 Å². The molecule has 0 aliphatic rings. The molecule has 40 valence electrons. The molecule has 0 aliphatic carbocycles. The maximum absolute atomic E-state index is 6.56. The van der Waals surface area contributed by atoms with Gasteiger partial charge in [-0.3, -0.25) is 4.99 Å². The molecule has 4 nitrogen and oxygen atoms in total. The number of hydrazine groups is 1. The van der Waals surface area contributed by atoms with E-state index in [4.69, 9.17) is 11.3 Å². The van der Waals surface area contributed by atoms with E-state index in [0.29, 0.717) is 5.84 Å². The summed E-state index contributed by atoms with van der Waals surface area (Å²) in [7, 11) is 1.56. The van der Waals surface area contributed by atoms with E-state index in [2.05, 4.69) is 10.4 Å². The summed E-state index contributed by atoms with van der Waals surface area (Å²) in [6.07, 6.45) is 1.04. The first-order chi connectivity index (χ1) is 3.35. The lowest BCUT2D eigenvalue weighted by atomic mass is 10.7. The van der Waals surface area contributed by atoms with Gasteiger partial charge in [0.05, 0.1) is 6.21 Å². The summed E-state index contributed by atoms with van der Waals surface area (Å²) in [5.74, 6) is 5.24. The molecule has 0 fully saturated rings. The van der Waals surface area contributed by atoms with Crippen LogP contribution in [0.1, 0.15) is 0 Å². The molecule has 0 amide bonds. The summed E-state index contributed by atoms with van der Waals surface area (Å²) < 4.78 is 0. The van der Waals surface area contributed by atoms with Crippen LogP contribution in [-0.2, 0) is 0 Å². The number of rotatable bonds is 1. The normalized spacial score (nSPS) is 10.9. The molecule has 0 spiro atoms. The third-order valence-corrected chi connectivity index (χ3v) is 0.526. The summed E-state index contributed by atoms with van der Waals surface area (Å²) in [5, 5.41) is 6.56. The molecular formula is C3H8N4. The Morgan fingerprint density at radius 2 is 2.57 bits per heavy atom. The van der Waals surface area contributed by atoms with Crippen molar-refractivity contribution in [2.24, 2.45) is 10.8 Å². The fourth-order valence-electron chi connectivity index (χ4n) is 0.171. The van der Waals surface area contributed by atoms with E-state index < -0.39 is 0 Å². The molecule has 0 bridgehead atoms. The Balaban J connectivity index is 3.60. The molecule has 0 aromatic carbocycles. The average Bonchev–Trinajstić information content (AvgIpc) is 1.72. The van der Waals surface area contributed by atoms with Crippen LogP contribution < -0.4 is 11.3 Å². The Morgan fingerprint density at radius 1 is 2.00 bits per heavy atom. The van der Waals surface area contributed by atoms with Crippen LogP contribution in [0.15, 0.2) is 4.99 Å². The third-order valence-electron chi connectivity index (χ3n) is 0.526. The molecule has 0 rings (SSSR count). The van der Waals surface area contributed by atoms with Crippen molar-refractivity contribution in [3.05, 3.63) is 0 Å². The molecule has 0 radical (unpaired) electrons. The molecule has 0 unspecified atom stereocenters. The highest BCUT2D eigenvalue weighted by molar-refractivity contribution is 6.27. The van der Waals surface area contributed by atoms with Gasteiger partial charge in [0, 0.05) is 7.05 Å². The van der Waals surface area contributed by atoms with Crippen LogP contribution in [0.2, 0.25) is 0 Å². The highest BCUT2D eigenvalue weighted by Crippen LogP contribution is 1.56. The fourth-order valence-corrected chi connectivity index (χ4v) is 0.171. The molecule has 0 aromatic rings. The number of nitrogens with one attached hydrogen (secondary N) is 2. The second-order valence-corrected chi connectivity index (χ2v) is 0.898. The van der Waals surface area contributed by atoms with Gasteiger partial charge in [-0.05, 0) is 0 Å². The third kappa shape index (κ3) is 1.88. The summed E-state index contributed by atoms with van der Waals surface area (Å²) in [4.78, 5) is 3.56. The lowest BCUT2D eigenvalue weighted by molar-refractivity contribution is 1.03. The van der Waals surface area contributed by atoms with E-state index in [1.807, 2.05) is 0 Å². The zero-order valence-corrected chi connectivity index (χ0v) is 4.10. The number of hydrogen-bond acceptors (Lipinski definition) is 3. The van der Waals surface area contributed by atoms with Crippen LogP contribution in [0.5, 0.6) is 0 Å². The van der Waals surface area contributed by atoms with E-state index in [1.54, 1.807) is 7.05 Å². The zero-order valence-electron chi connectivity index (χ0n) is 4.10. The minimum Gasteiger partial charge on any atom is -0.308 e. The highest BCUT2D eigenvalue weighted by Gasteiger charge is 1.79. The van der Waals surface area contributed by atoms with Gasteiger partial charge in [0.2, 0.25) is 0 Å². The van der Waals surface area contributed by atoms with E-state index in [1.165, 1.54) is 0 Å². The molecule has 0 saturated carbocycles. The van der Waals surface area contributed by atoms with Gasteiger partial charge >= 0.3 is 0 Å². The number of amidine groups is 1. The topological polar surface area (TPSA) is 74.3 Å². The lowest BCUT2D eigenvalue weighted by Crippen LogP contribution is -2.30. The van der Waals surface area contributed by atoms with E-state index >= 15 is 0 Å². The summed E-state index contributed by atoms with van der Waals surface area (Å²) in [6, 6.07) is 0. The van der Waals surface area contributed by atoms with Crippen LogP contribution in [0, 0.1) is 5.41 Å². The number of aliphatic imine (C=N–C) groups is 1. The Bertz CT molecular complexity index is 84.9. The molecule has 7 heavy (non-hydrogen) atoms. The van der Waals surface area contributed by atoms with Gasteiger partial charge in [-0.25, -0.2) is 5.84 Å². The van der Waals surface area contributed by atoms with E-state index in [9.17, 15) is 0 Å². The zero-order chi connectivity index (χ0) is 5.70. The highest BCUT2D eigenvalue weighted by atomic mass is 15.2. The number of nitrogens with zero attached hydrogens (tertiary/aromatic N) is 1. The quantitative estimate of drug-likeness (QED) is 0.173. The van der Waals surface area contributed by atoms with Gasteiger partial charge in [-0.1, -0.05) is 0 Å². The Kier molecular flexibility index (Phi) is 2.87. The Morgan fingerprint density at radius 3 is 2.57 bits per heavy atom. The standard InChI is InChI=1S/C3H8N4/c1-6-3(2-4)7-5/h2,4H,5H2,1H3,(H,6,7). The van der Waals surface area contributed by atoms with Crippen molar-refractivity contribution in [1.82, 2.24) is 5.43 Å². The van der Waals surface area contributed by atoms with Gasteiger partial charge in [-0.15, -0.1) is 0 Å². The van der Waals surface area contributed by atoms with Crippen molar-refractivity contribution in [1.29, 1.82) is 5.41 Å². The van der Waals surface area contributed by atoms with Gasteiger partial charge in [0.15, 0.2) is 5.84 Å². The smallest absolute Gasteiger partial charge is 0.152 e. The average molecular weight is 100 g/mol. The minimum absolute atomic E-state index is 0.375. The predicted molar refractivity (Wildman–Crippen MR) is 29.5 cm³/mol. The number of nitrogens with two attached hydrogens (primary N) is 1. The molecular weight excluding hydrogens is 92.1 g/mol. The van der Waals surface area contributed by atoms with Crippen molar-refractivity contribution in [2.75, 3.05) is 7.05 Å². The van der Waals surface area contributed by atoms with Crippen molar-refractivity contribution < 1.29 is 0 Å². The summed E-state index contributed by atoms with van der Waals surface area (Å²) in [6.45, 7) is 0. The lowest BCUT2D eigenvalue weighted by Gasteiger charge is -1.90. The first-order valence-electron chi connectivity index (χ1n) is 1.79. The van der Waals surface area contributed by atoms with Gasteiger partial charge in [0.25, 0.3) is 0 Å². The first kappa shape index (κ1) is 6.10. The van der Waals surface area contributed by atoms with Crippen LogP contribution in [0.25, 0.3) is 0 Å². The van der Waals surface area contributed by atoms with Crippen molar-refractivity contribution in [2.45, 2.75) is 0 Å². The van der Waals surface area contributed by atoms with Gasteiger partial charge < -0.3 is 10.8 Å². The van der Waals surface area contributed by atoms with Crippen LogP contribution >= 0.6 is 0 Å². The molecule has 0 atom stereocenters. The van der Waals surface area contributed by atoms with Crippen molar-refractivity contribution >= 4 is 12.1 Å². The molecule has 4 N–H and O–H groups in total. The number of hydrogen-bond donors (Lipinski definition) is 3. The van der Waals surface area contributed by atoms with Crippen molar-refractivity contribution in [3.8, 4) is 0 Å². The largest absolute Gasteiger partial charge is 0.308 e. The molecule has 0 aromatic heterocycles. The molecule has 0 aliphatic heterocycles. The molecule has 0 saturated heterocycles. The minimum atomic E-state index is 0.375. The SMILES string of the molecule is CN=C(C=N)NN. The predicted octanol–water partition coefficient (Wildman–Crippen LogP) is -0.872.